The summed E-state index contributed by atoms with van der Waals surface area (Å²) >= 11 is 0. The summed E-state index contributed by atoms with van der Waals surface area (Å²) in [4.78, 5) is 0. The van der Waals surface area contributed by atoms with Crippen molar-refractivity contribution in [3.05, 3.63) is 11.6 Å². The Balaban J connectivity index is 1.47. The topological polar surface area (TPSA) is 26.0 Å². The van der Waals surface area contributed by atoms with Crippen LogP contribution < -0.4 is 5.73 Å². The van der Waals surface area contributed by atoms with Gasteiger partial charge in [0.2, 0.25) is 0 Å². The minimum Gasteiger partial charge on any atom is -0.330 e. The number of allylic oxidation sites excluding steroid dienone is 2. The lowest BCUT2D eigenvalue weighted by Gasteiger charge is -2.58. The average Bonchev–Trinajstić information content (AvgIpc) is 3.06. The van der Waals surface area contributed by atoms with E-state index >= 15 is 0 Å². The van der Waals surface area contributed by atoms with E-state index < -0.39 is 0 Å². The molecule has 0 heterocycles. The van der Waals surface area contributed by atoms with Crippen LogP contribution in [0.4, 0.5) is 0 Å². The largest absolute Gasteiger partial charge is 0.330 e. The van der Waals surface area contributed by atoms with Gasteiger partial charge < -0.3 is 5.73 Å². The van der Waals surface area contributed by atoms with Gasteiger partial charge in [0.05, 0.1) is 0 Å². The Morgan fingerprint density at radius 3 is 2.47 bits per heavy atom. The van der Waals surface area contributed by atoms with Crippen LogP contribution in [0.3, 0.4) is 0 Å². The van der Waals surface area contributed by atoms with E-state index in [1.165, 1.54) is 64.2 Å². The van der Waals surface area contributed by atoms with Gasteiger partial charge in [-0.1, -0.05) is 59.6 Å². The molecule has 0 aromatic carbocycles. The van der Waals surface area contributed by atoms with E-state index in [1.807, 2.05) is 5.57 Å². The van der Waals surface area contributed by atoms with E-state index in [9.17, 15) is 0 Å². The maximum atomic E-state index is 6.09. The van der Waals surface area contributed by atoms with Crippen molar-refractivity contribution in [2.45, 2.75) is 106 Å². The first-order valence-electron chi connectivity index (χ1n) is 13.6. The number of rotatable bonds is 6. The molecule has 0 aromatic rings. The molecule has 4 aliphatic carbocycles. The standard InChI is InChI=1S/C29H51N/c1-19(2)22(18-30)8-7-21(4)25-11-12-26-24-10-9-23-17-20(3)13-15-28(23,5)27(24)14-16-29(25,26)6/h9,19-22,24-27H,7-8,10-18,30H2,1-6H3/t20-,21+,22-,24-,25+,26-,27-,28-,29+/m0/s1. The summed E-state index contributed by atoms with van der Waals surface area (Å²) in [5.41, 5.74) is 9.08. The monoisotopic (exact) mass is 413 g/mol. The van der Waals surface area contributed by atoms with Crippen LogP contribution in [-0.2, 0) is 0 Å². The molecule has 3 saturated carbocycles. The molecule has 0 amide bonds. The minimum atomic E-state index is 0.534. The molecule has 9 atom stereocenters. The van der Waals surface area contributed by atoms with E-state index in [2.05, 4.69) is 47.6 Å². The molecule has 0 aromatic heterocycles. The maximum Gasteiger partial charge on any atom is -0.00464 e. The van der Waals surface area contributed by atoms with Crippen molar-refractivity contribution in [2.24, 2.45) is 63.9 Å². The normalized spacial score (nSPS) is 45.3. The number of nitrogens with two attached hydrogens (primary N) is 1. The molecular weight excluding hydrogens is 362 g/mol. The molecule has 0 saturated heterocycles. The molecule has 2 N–H and O–H groups in total. The average molecular weight is 414 g/mol. The molecule has 1 nitrogen and oxygen atoms in total. The second-order valence-corrected chi connectivity index (χ2v) is 13.1. The van der Waals surface area contributed by atoms with Crippen LogP contribution in [0, 0.1) is 58.2 Å². The fourth-order valence-corrected chi connectivity index (χ4v) is 9.22. The summed E-state index contributed by atoms with van der Waals surface area (Å²) in [6.07, 6.45) is 17.2. The zero-order valence-electron chi connectivity index (χ0n) is 21.1. The van der Waals surface area contributed by atoms with Crippen LogP contribution in [-0.4, -0.2) is 6.54 Å². The molecule has 3 fully saturated rings. The van der Waals surface area contributed by atoms with Crippen LogP contribution in [0.1, 0.15) is 106 Å². The zero-order chi connectivity index (χ0) is 21.7. The van der Waals surface area contributed by atoms with Gasteiger partial charge >= 0.3 is 0 Å². The summed E-state index contributed by atoms with van der Waals surface area (Å²) in [6, 6.07) is 0. The molecule has 1 heteroatoms. The molecule has 4 aliphatic rings. The molecule has 4 rings (SSSR count). The molecule has 0 radical (unpaired) electrons. The maximum absolute atomic E-state index is 6.09. The Labute approximate surface area is 188 Å². The predicted molar refractivity (Wildman–Crippen MR) is 130 cm³/mol. The Morgan fingerprint density at radius 1 is 1.00 bits per heavy atom. The Bertz CT molecular complexity index is 634. The summed E-state index contributed by atoms with van der Waals surface area (Å²) in [5.74, 6) is 7.08. The fraction of sp³-hybridized carbons (Fsp3) is 0.931. The van der Waals surface area contributed by atoms with Crippen molar-refractivity contribution >= 4 is 0 Å². The summed E-state index contributed by atoms with van der Waals surface area (Å²) in [6.45, 7) is 16.0. The van der Waals surface area contributed by atoms with E-state index in [0.717, 1.165) is 48.0 Å². The number of fused-ring (bicyclic) bond motifs is 5. The first-order chi connectivity index (χ1) is 14.2. The first-order valence-corrected chi connectivity index (χ1v) is 13.6. The zero-order valence-corrected chi connectivity index (χ0v) is 21.1. The van der Waals surface area contributed by atoms with Crippen molar-refractivity contribution in [2.75, 3.05) is 6.54 Å². The summed E-state index contributed by atoms with van der Waals surface area (Å²) in [5, 5.41) is 0. The smallest absolute Gasteiger partial charge is 0.00464 e. The quantitative estimate of drug-likeness (QED) is 0.441. The highest BCUT2D eigenvalue weighted by molar-refractivity contribution is 5.25. The molecule has 30 heavy (non-hydrogen) atoms. The molecular formula is C29H51N. The SMILES string of the molecule is CC(C)[C@H](CN)CC[C@@H](C)[C@H]1CC[C@H]2[C@@H]3CC=C4C[C@@H](C)CC[C@]4(C)[C@H]3CC[C@]12C. The van der Waals surface area contributed by atoms with Crippen molar-refractivity contribution in [1.82, 2.24) is 0 Å². The lowest BCUT2D eigenvalue weighted by Crippen LogP contribution is -2.50. The Kier molecular flexibility index (Phi) is 6.53. The number of hydrogen-bond donors (Lipinski definition) is 1. The summed E-state index contributed by atoms with van der Waals surface area (Å²) in [7, 11) is 0. The van der Waals surface area contributed by atoms with Crippen LogP contribution in [0.2, 0.25) is 0 Å². The van der Waals surface area contributed by atoms with Crippen LogP contribution in [0.25, 0.3) is 0 Å². The van der Waals surface area contributed by atoms with Crippen molar-refractivity contribution in [3.8, 4) is 0 Å². The minimum absolute atomic E-state index is 0.534. The summed E-state index contributed by atoms with van der Waals surface area (Å²) < 4.78 is 0. The van der Waals surface area contributed by atoms with Gasteiger partial charge in [0.15, 0.2) is 0 Å². The van der Waals surface area contributed by atoms with Gasteiger partial charge in [0.1, 0.15) is 0 Å². The molecule has 0 unspecified atom stereocenters. The van der Waals surface area contributed by atoms with Crippen molar-refractivity contribution < 1.29 is 0 Å². The van der Waals surface area contributed by atoms with E-state index in [0.29, 0.717) is 16.7 Å². The van der Waals surface area contributed by atoms with E-state index in [1.54, 1.807) is 0 Å². The molecule has 172 valence electrons. The van der Waals surface area contributed by atoms with Crippen LogP contribution in [0.5, 0.6) is 0 Å². The van der Waals surface area contributed by atoms with Gasteiger partial charge in [0.25, 0.3) is 0 Å². The highest BCUT2D eigenvalue weighted by Crippen LogP contribution is 2.67. The van der Waals surface area contributed by atoms with Gasteiger partial charge in [-0.25, -0.2) is 0 Å². The molecule has 0 aliphatic heterocycles. The predicted octanol–water partition coefficient (Wildman–Crippen LogP) is 7.85. The lowest BCUT2D eigenvalue weighted by atomic mass is 9.46. The van der Waals surface area contributed by atoms with Gasteiger partial charge in [0, 0.05) is 0 Å². The van der Waals surface area contributed by atoms with Gasteiger partial charge in [-0.2, -0.15) is 0 Å². The van der Waals surface area contributed by atoms with E-state index in [4.69, 9.17) is 5.73 Å². The van der Waals surface area contributed by atoms with Gasteiger partial charge in [-0.15, -0.1) is 0 Å². The molecule has 0 bridgehead atoms. The third-order valence-electron chi connectivity index (χ3n) is 11.3. The lowest BCUT2D eigenvalue weighted by molar-refractivity contribution is -0.0525. The first kappa shape index (κ1) is 22.9. The highest BCUT2D eigenvalue weighted by atomic mass is 14.6. The van der Waals surface area contributed by atoms with Gasteiger partial charge in [-0.3, -0.25) is 0 Å². The second-order valence-electron chi connectivity index (χ2n) is 13.1. The third kappa shape index (κ3) is 3.74. The van der Waals surface area contributed by atoms with Crippen LogP contribution in [0.15, 0.2) is 11.6 Å². The number of hydrogen-bond acceptors (Lipinski definition) is 1. The Hall–Kier alpha value is -0.300. The van der Waals surface area contributed by atoms with Crippen molar-refractivity contribution in [3.63, 3.8) is 0 Å². The Morgan fingerprint density at radius 2 is 1.77 bits per heavy atom. The third-order valence-corrected chi connectivity index (χ3v) is 11.3. The molecule has 0 spiro atoms. The second kappa shape index (κ2) is 8.57. The van der Waals surface area contributed by atoms with Gasteiger partial charge in [-0.05, 0) is 123 Å². The fourth-order valence-electron chi connectivity index (χ4n) is 9.22. The van der Waals surface area contributed by atoms with Crippen LogP contribution >= 0.6 is 0 Å². The van der Waals surface area contributed by atoms with E-state index in [-0.39, 0.29) is 0 Å². The van der Waals surface area contributed by atoms with Crippen molar-refractivity contribution in [1.29, 1.82) is 0 Å². The highest BCUT2D eigenvalue weighted by Gasteiger charge is 2.58.